The Bertz CT molecular complexity index is 310. The smallest absolute Gasteiger partial charge is 0.306 e. The lowest BCUT2D eigenvalue weighted by molar-refractivity contribution is -0.143. The first kappa shape index (κ1) is 9.21. The van der Waals surface area contributed by atoms with E-state index in [0.717, 1.165) is 0 Å². The predicted molar refractivity (Wildman–Crippen MR) is 47.6 cm³/mol. The highest BCUT2D eigenvalue weighted by molar-refractivity contribution is 5.70. The summed E-state index contributed by atoms with van der Waals surface area (Å²) in [6.45, 7) is 0.698. The van der Waals surface area contributed by atoms with Gasteiger partial charge in [-0.05, 0) is 19.4 Å². The van der Waals surface area contributed by atoms with Gasteiger partial charge in [0, 0.05) is 0 Å². The number of carboxylic acids is 1. The highest BCUT2D eigenvalue weighted by Crippen LogP contribution is 2.26. The topological polar surface area (TPSA) is 75.4 Å². The minimum absolute atomic E-state index is 0.0557. The summed E-state index contributed by atoms with van der Waals surface area (Å²) < 4.78 is 5.13. The van der Waals surface area contributed by atoms with E-state index in [0.29, 0.717) is 25.3 Å². The quantitative estimate of drug-likeness (QED) is 0.731. The van der Waals surface area contributed by atoms with Crippen LogP contribution in [0.25, 0.3) is 0 Å². The van der Waals surface area contributed by atoms with Crippen LogP contribution in [-0.2, 0) is 4.79 Å². The third-order valence-electron chi connectivity index (χ3n) is 2.50. The fourth-order valence-electron chi connectivity index (χ4n) is 1.74. The van der Waals surface area contributed by atoms with Crippen molar-refractivity contribution in [2.75, 3.05) is 6.54 Å². The van der Waals surface area contributed by atoms with Gasteiger partial charge in [0.2, 0.25) is 5.89 Å². The van der Waals surface area contributed by atoms with Gasteiger partial charge in [0.25, 0.3) is 0 Å². The van der Waals surface area contributed by atoms with Gasteiger partial charge < -0.3 is 14.8 Å². The van der Waals surface area contributed by atoms with E-state index in [1.807, 2.05) is 0 Å². The fraction of sp³-hybridized carbons (Fsp3) is 0.556. The number of rotatable bonds is 2. The molecule has 2 N–H and O–H groups in total. The minimum Gasteiger partial charge on any atom is -0.481 e. The second-order valence-electron chi connectivity index (χ2n) is 3.44. The molecule has 5 heteroatoms. The number of nitrogens with one attached hydrogen (secondary N) is 1. The van der Waals surface area contributed by atoms with Crippen molar-refractivity contribution in [1.82, 2.24) is 10.3 Å². The average molecular weight is 196 g/mol. The SMILES string of the molecule is O=C(O)C1CCNC(c2ncco2)C1. The molecule has 1 aliphatic rings. The molecule has 0 aliphatic carbocycles. The number of aromatic nitrogens is 1. The molecule has 14 heavy (non-hydrogen) atoms. The van der Waals surface area contributed by atoms with Gasteiger partial charge in [-0.1, -0.05) is 0 Å². The number of carbonyl (C=O) groups is 1. The predicted octanol–water partition coefficient (Wildman–Crippen LogP) is 0.800. The molecule has 2 atom stereocenters. The van der Waals surface area contributed by atoms with Gasteiger partial charge in [-0.3, -0.25) is 4.79 Å². The molecule has 0 radical (unpaired) electrons. The zero-order chi connectivity index (χ0) is 9.97. The lowest BCUT2D eigenvalue weighted by Gasteiger charge is -2.25. The summed E-state index contributed by atoms with van der Waals surface area (Å²) in [4.78, 5) is 14.8. The lowest BCUT2D eigenvalue weighted by Crippen LogP contribution is -2.35. The minimum atomic E-state index is -0.733. The normalized spacial score (nSPS) is 27.4. The molecule has 0 aromatic carbocycles. The summed E-state index contributed by atoms with van der Waals surface area (Å²) in [5, 5.41) is 12.1. The van der Waals surface area contributed by atoms with Crippen molar-refractivity contribution in [1.29, 1.82) is 0 Å². The Morgan fingerprint density at radius 1 is 1.71 bits per heavy atom. The summed E-state index contributed by atoms with van der Waals surface area (Å²) in [6, 6.07) is -0.0557. The lowest BCUT2D eigenvalue weighted by atomic mass is 9.92. The van der Waals surface area contributed by atoms with Crippen molar-refractivity contribution in [3.05, 3.63) is 18.4 Å². The van der Waals surface area contributed by atoms with Crippen molar-refractivity contribution < 1.29 is 14.3 Å². The van der Waals surface area contributed by atoms with Crippen LogP contribution >= 0.6 is 0 Å². The molecule has 0 spiro atoms. The molecule has 0 saturated carbocycles. The largest absolute Gasteiger partial charge is 0.481 e. The Labute approximate surface area is 81.1 Å². The Morgan fingerprint density at radius 2 is 2.57 bits per heavy atom. The van der Waals surface area contributed by atoms with Crippen LogP contribution in [0.1, 0.15) is 24.8 Å². The number of oxazole rings is 1. The maximum absolute atomic E-state index is 10.8. The van der Waals surface area contributed by atoms with E-state index in [9.17, 15) is 4.79 Å². The summed E-state index contributed by atoms with van der Waals surface area (Å²) in [5.74, 6) is -0.438. The second-order valence-corrected chi connectivity index (χ2v) is 3.44. The number of carboxylic acid groups (broad SMARTS) is 1. The van der Waals surface area contributed by atoms with E-state index in [4.69, 9.17) is 9.52 Å². The Balaban J connectivity index is 2.04. The zero-order valence-corrected chi connectivity index (χ0v) is 7.64. The van der Waals surface area contributed by atoms with E-state index in [2.05, 4.69) is 10.3 Å². The van der Waals surface area contributed by atoms with Crippen LogP contribution in [0.15, 0.2) is 16.9 Å². The van der Waals surface area contributed by atoms with Gasteiger partial charge in [-0.25, -0.2) is 4.98 Å². The highest BCUT2D eigenvalue weighted by Gasteiger charge is 2.29. The summed E-state index contributed by atoms with van der Waals surface area (Å²) >= 11 is 0. The van der Waals surface area contributed by atoms with E-state index in [1.54, 1.807) is 6.20 Å². The first-order chi connectivity index (χ1) is 6.77. The summed E-state index contributed by atoms with van der Waals surface area (Å²) in [7, 11) is 0. The number of aliphatic carboxylic acids is 1. The molecule has 2 unspecified atom stereocenters. The highest BCUT2D eigenvalue weighted by atomic mass is 16.4. The third-order valence-corrected chi connectivity index (χ3v) is 2.50. The van der Waals surface area contributed by atoms with Gasteiger partial charge in [-0.2, -0.15) is 0 Å². The average Bonchev–Trinajstić information content (AvgIpc) is 2.71. The number of piperidine rings is 1. The molecule has 0 amide bonds. The summed E-state index contributed by atoms with van der Waals surface area (Å²) in [6.07, 6.45) is 4.30. The first-order valence-electron chi connectivity index (χ1n) is 4.63. The zero-order valence-electron chi connectivity index (χ0n) is 7.64. The van der Waals surface area contributed by atoms with Crippen molar-refractivity contribution in [2.24, 2.45) is 5.92 Å². The van der Waals surface area contributed by atoms with Crippen LogP contribution in [0.4, 0.5) is 0 Å². The number of nitrogens with zero attached hydrogens (tertiary/aromatic N) is 1. The van der Waals surface area contributed by atoms with E-state index in [-0.39, 0.29) is 12.0 Å². The van der Waals surface area contributed by atoms with Crippen LogP contribution in [0.2, 0.25) is 0 Å². The number of hydrogen-bond donors (Lipinski definition) is 2. The standard InChI is InChI=1S/C9H12N2O3/c12-9(13)6-1-2-10-7(5-6)8-11-3-4-14-8/h3-4,6-7,10H,1-2,5H2,(H,12,13). The van der Waals surface area contributed by atoms with Crippen LogP contribution in [0, 0.1) is 5.92 Å². The van der Waals surface area contributed by atoms with Gasteiger partial charge in [0.1, 0.15) is 6.26 Å². The van der Waals surface area contributed by atoms with Crippen molar-refractivity contribution >= 4 is 5.97 Å². The molecule has 1 saturated heterocycles. The van der Waals surface area contributed by atoms with Gasteiger partial charge in [0.15, 0.2) is 0 Å². The van der Waals surface area contributed by atoms with Crippen LogP contribution in [0.5, 0.6) is 0 Å². The van der Waals surface area contributed by atoms with E-state index < -0.39 is 5.97 Å². The van der Waals surface area contributed by atoms with Crippen molar-refractivity contribution in [2.45, 2.75) is 18.9 Å². The van der Waals surface area contributed by atoms with E-state index >= 15 is 0 Å². The molecule has 2 heterocycles. The number of hydrogen-bond acceptors (Lipinski definition) is 4. The summed E-state index contributed by atoms with van der Waals surface area (Å²) in [5.41, 5.74) is 0. The third kappa shape index (κ3) is 1.77. The molecule has 1 aromatic heterocycles. The fourth-order valence-corrected chi connectivity index (χ4v) is 1.74. The van der Waals surface area contributed by atoms with Gasteiger partial charge in [0.05, 0.1) is 18.2 Å². The first-order valence-corrected chi connectivity index (χ1v) is 4.63. The Hall–Kier alpha value is -1.36. The van der Waals surface area contributed by atoms with Crippen LogP contribution in [-0.4, -0.2) is 22.6 Å². The molecule has 76 valence electrons. The molecule has 1 fully saturated rings. The Morgan fingerprint density at radius 3 is 3.21 bits per heavy atom. The van der Waals surface area contributed by atoms with Crippen molar-refractivity contribution in [3.8, 4) is 0 Å². The molecule has 5 nitrogen and oxygen atoms in total. The Kier molecular flexibility index (Phi) is 2.49. The molecule has 2 rings (SSSR count). The van der Waals surface area contributed by atoms with E-state index in [1.165, 1.54) is 6.26 Å². The van der Waals surface area contributed by atoms with Gasteiger partial charge >= 0.3 is 5.97 Å². The van der Waals surface area contributed by atoms with Crippen LogP contribution < -0.4 is 5.32 Å². The van der Waals surface area contributed by atoms with Gasteiger partial charge in [-0.15, -0.1) is 0 Å². The maximum atomic E-state index is 10.8. The molecular formula is C9H12N2O3. The molecule has 1 aliphatic heterocycles. The van der Waals surface area contributed by atoms with Crippen LogP contribution in [0.3, 0.4) is 0 Å². The maximum Gasteiger partial charge on any atom is 0.306 e. The van der Waals surface area contributed by atoms with Crippen molar-refractivity contribution in [3.63, 3.8) is 0 Å². The second kappa shape index (κ2) is 3.79. The molecule has 1 aromatic rings. The molecular weight excluding hydrogens is 184 g/mol. The molecule has 0 bridgehead atoms. The monoisotopic (exact) mass is 196 g/mol.